The van der Waals surface area contributed by atoms with Crippen molar-refractivity contribution in [2.75, 3.05) is 19.7 Å². The number of benzene rings is 1. The Morgan fingerprint density at radius 1 is 1.07 bits per heavy atom. The van der Waals surface area contributed by atoms with Crippen LogP contribution in [0.25, 0.3) is 11.0 Å². The fourth-order valence-corrected chi connectivity index (χ4v) is 2.50. The maximum atomic E-state index is 12.3. The molecule has 2 aromatic rings. The number of rotatable bonds is 8. The number of carboxylic acid groups (broad SMARTS) is 1. The Morgan fingerprint density at radius 2 is 1.79 bits per heavy atom. The summed E-state index contributed by atoms with van der Waals surface area (Å²) in [5, 5.41) is 13.7. The van der Waals surface area contributed by atoms with Crippen LogP contribution in [0.15, 0.2) is 24.3 Å². The van der Waals surface area contributed by atoms with Crippen LogP contribution in [0.5, 0.6) is 0 Å². The molecule has 0 fully saturated rings. The van der Waals surface area contributed by atoms with Gasteiger partial charge in [0.1, 0.15) is 5.82 Å². The monoisotopic (exact) mass is 406 g/mol. The smallest absolute Gasteiger partial charge is 0.404 e. The molecular formula is C20H30N4O5. The molecule has 3 N–H and O–H groups in total. The Kier molecular flexibility index (Phi) is 10.8. The van der Waals surface area contributed by atoms with Crippen LogP contribution in [0, 0.1) is 0 Å². The van der Waals surface area contributed by atoms with Gasteiger partial charge in [0, 0.05) is 25.9 Å². The lowest BCUT2D eigenvalue weighted by Crippen LogP contribution is -2.31. The number of carbonyl (C=O) groups excluding carboxylic acids is 2. The Bertz CT molecular complexity index is 795. The minimum atomic E-state index is -1.09. The summed E-state index contributed by atoms with van der Waals surface area (Å²) in [5.74, 6) is 0.452. The molecule has 0 spiro atoms. The predicted molar refractivity (Wildman–Crippen MR) is 110 cm³/mol. The lowest BCUT2D eigenvalue weighted by molar-refractivity contribution is -0.143. The van der Waals surface area contributed by atoms with Gasteiger partial charge in [0.05, 0.1) is 17.6 Å². The summed E-state index contributed by atoms with van der Waals surface area (Å²) in [4.78, 5) is 37.6. The summed E-state index contributed by atoms with van der Waals surface area (Å²) in [6.45, 7) is 7.03. The third-order valence-corrected chi connectivity index (χ3v) is 3.74. The van der Waals surface area contributed by atoms with Crippen LogP contribution in [0.1, 0.15) is 45.9 Å². The molecule has 0 aliphatic carbocycles. The molecule has 2 amide bonds. The maximum Gasteiger partial charge on any atom is 0.404 e. The number of fused-ring (bicyclic) bond motifs is 1. The summed E-state index contributed by atoms with van der Waals surface area (Å²) in [6.07, 6.45) is 1.52. The van der Waals surface area contributed by atoms with Crippen molar-refractivity contribution in [3.63, 3.8) is 0 Å². The van der Waals surface area contributed by atoms with Crippen molar-refractivity contribution in [2.45, 2.75) is 46.5 Å². The number of ether oxygens (including phenoxy) is 1. The van der Waals surface area contributed by atoms with Crippen LogP contribution in [-0.4, -0.2) is 52.4 Å². The highest BCUT2D eigenvalue weighted by molar-refractivity contribution is 5.90. The number of para-hydroxylation sites is 2. The summed E-state index contributed by atoms with van der Waals surface area (Å²) in [6, 6.07) is 7.10. The predicted octanol–water partition coefficient (Wildman–Crippen LogP) is 3.16. The molecule has 29 heavy (non-hydrogen) atoms. The molecule has 9 nitrogen and oxygen atoms in total. The molecular weight excluding hydrogens is 376 g/mol. The normalized spacial score (nSPS) is 10.0. The fraction of sp³-hybridized carbons (Fsp3) is 0.500. The molecule has 2 rings (SSSR count). The molecule has 0 radical (unpaired) electrons. The lowest BCUT2D eigenvalue weighted by Gasteiger charge is -2.09. The lowest BCUT2D eigenvalue weighted by atomic mass is 10.3. The molecule has 0 atom stereocenters. The Hall–Kier alpha value is -3.10. The molecule has 1 aromatic carbocycles. The van der Waals surface area contributed by atoms with E-state index in [9.17, 15) is 14.4 Å². The summed E-state index contributed by atoms with van der Waals surface area (Å²) < 4.78 is 6.15. The van der Waals surface area contributed by atoms with E-state index in [1.807, 2.05) is 45.0 Å². The van der Waals surface area contributed by atoms with Gasteiger partial charge in [0.2, 0.25) is 0 Å². The number of hydrogen-bond acceptors (Lipinski definition) is 5. The van der Waals surface area contributed by atoms with Crippen LogP contribution in [0.3, 0.4) is 0 Å². The quantitative estimate of drug-likeness (QED) is 0.579. The van der Waals surface area contributed by atoms with E-state index >= 15 is 0 Å². The van der Waals surface area contributed by atoms with Crippen molar-refractivity contribution < 1.29 is 24.2 Å². The molecule has 0 aliphatic rings. The highest BCUT2D eigenvalue weighted by Gasteiger charge is 2.16. The fourth-order valence-electron chi connectivity index (χ4n) is 2.50. The van der Waals surface area contributed by atoms with Gasteiger partial charge in [-0.05, 0) is 31.9 Å². The van der Waals surface area contributed by atoms with Crippen molar-refractivity contribution in [3.05, 3.63) is 30.1 Å². The number of aromatic nitrogens is 2. The zero-order chi connectivity index (χ0) is 21.6. The van der Waals surface area contributed by atoms with Crippen LogP contribution in [0.4, 0.5) is 9.59 Å². The number of nitrogens with zero attached hydrogens (tertiary/aromatic N) is 2. The molecule has 9 heteroatoms. The molecule has 160 valence electrons. The number of nitrogens with one attached hydrogen (secondary N) is 2. The number of carbonyl (C=O) groups is 3. The number of imidazole rings is 1. The average Bonchev–Trinajstić information content (AvgIpc) is 3.05. The van der Waals surface area contributed by atoms with Gasteiger partial charge in [0.15, 0.2) is 0 Å². The third kappa shape index (κ3) is 8.20. The molecule has 1 aromatic heterocycles. The first-order valence-corrected chi connectivity index (χ1v) is 9.81. The minimum Gasteiger partial charge on any atom is -0.466 e. The SMILES string of the molecule is CCCC(=O)OCC.CCCNC(=O)n1c(CCNC(=O)O)nc2ccccc21. The van der Waals surface area contributed by atoms with Gasteiger partial charge in [-0.25, -0.2) is 19.1 Å². The molecule has 0 bridgehead atoms. The first-order valence-electron chi connectivity index (χ1n) is 9.81. The summed E-state index contributed by atoms with van der Waals surface area (Å²) >= 11 is 0. The highest BCUT2D eigenvalue weighted by atomic mass is 16.5. The maximum absolute atomic E-state index is 12.3. The van der Waals surface area contributed by atoms with Crippen molar-refractivity contribution in [1.29, 1.82) is 0 Å². The van der Waals surface area contributed by atoms with E-state index in [2.05, 4.69) is 20.4 Å². The second-order valence-electron chi connectivity index (χ2n) is 6.12. The molecule has 0 saturated carbocycles. The zero-order valence-electron chi connectivity index (χ0n) is 17.2. The topological polar surface area (TPSA) is 123 Å². The first-order chi connectivity index (χ1) is 13.9. The van der Waals surface area contributed by atoms with E-state index in [0.717, 1.165) is 23.9 Å². The van der Waals surface area contributed by atoms with Crippen LogP contribution in [-0.2, 0) is 16.0 Å². The second kappa shape index (κ2) is 13.1. The Balaban J connectivity index is 0.000000447. The van der Waals surface area contributed by atoms with E-state index in [4.69, 9.17) is 5.11 Å². The van der Waals surface area contributed by atoms with Crippen LogP contribution < -0.4 is 10.6 Å². The Labute approximate surface area is 170 Å². The largest absolute Gasteiger partial charge is 0.466 e. The van der Waals surface area contributed by atoms with E-state index < -0.39 is 6.09 Å². The first kappa shape index (κ1) is 23.9. The van der Waals surface area contributed by atoms with Gasteiger partial charge in [-0.1, -0.05) is 26.0 Å². The highest BCUT2D eigenvalue weighted by Crippen LogP contribution is 2.16. The van der Waals surface area contributed by atoms with Gasteiger partial charge in [0.25, 0.3) is 0 Å². The van der Waals surface area contributed by atoms with Gasteiger partial charge >= 0.3 is 18.1 Å². The van der Waals surface area contributed by atoms with Gasteiger partial charge in [-0.3, -0.25) is 4.79 Å². The van der Waals surface area contributed by atoms with E-state index in [1.54, 1.807) is 0 Å². The van der Waals surface area contributed by atoms with E-state index in [-0.39, 0.29) is 18.5 Å². The van der Waals surface area contributed by atoms with Crippen molar-refractivity contribution in [3.8, 4) is 0 Å². The van der Waals surface area contributed by atoms with Crippen molar-refractivity contribution in [1.82, 2.24) is 20.2 Å². The van der Waals surface area contributed by atoms with Crippen LogP contribution >= 0.6 is 0 Å². The number of amides is 2. The van der Waals surface area contributed by atoms with Crippen molar-refractivity contribution in [2.24, 2.45) is 0 Å². The van der Waals surface area contributed by atoms with Gasteiger partial charge in [-0.2, -0.15) is 0 Å². The van der Waals surface area contributed by atoms with Gasteiger partial charge < -0.3 is 20.5 Å². The van der Waals surface area contributed by atoms with Crippen LogP contribution in [0.2, 0.25) is 0 Å². The second-order valence-corrected chi connectivity index (χ2v) is 6.12. The summed E-state index contributed by atoms with van der Waals surface area (Å²) in [7, 11) is 0. The number of esters is 1. The molecule has 0 unspecified atom stereocenters. The standard InChI is InChI=1S/C14H18N4O3.C6H12O2/c1-2-8-15-13(19)18-11-6-4-3-5-10(11)17-12(18)7-9-16-14(20)21;1-3-5-6(7)8-4-2/h3-6,16H,2,7-9H2,1H3,(H,15,19)(H,20,21);3-5H2,1-2H3. The molecule has 0 aliphatic heterocycles. The average molecular weight is 406 g/mol. The number of hydrogen-bond donors (Lipinski definition) is 3. The zero-order valence-corrected chi connectivity index (χ0v) is 17.2. The minimum absolute atomic E-state index is 0.0880. The molecule has 0 saturated heterocycles. The van der Waals surface area contributed by atoms with Crippen molar-refractivity contribution >= 4 is 29.1 Å². The Morgan fingerprint density at radius 3 is 2.41 bits per heavy atom. The van der Waals surface area contributed by atoms with E-state index in [1.165, 1.54) is 4.57 Å². The molecule has 1 heterocycles. The van der Waals surface area contributed by atoms with E-state index in [0.29, 0.717) is 31.8 Å². The van der Waals surface area contributed by atoms with Gasteiger partial charge in [-0.15, -0.1) is 0 Å². The third-order valence-electron chi connectivity index (χ3n) is 3.74. The summed E-state index contributed by atoms with van der Waals surface area (Å²) in [5.41, 5.74) is 1.44.